The molecule has 0 radical (unpaired) electrons. The summed E-state index contributed by atoms with van der Waals surface area (Å²) in [7, 11) is 2.02. The molecule has 0 fully saturated rings. The van der Waals surface area contributed by atoms with E-state index in [1.807, 2.05) is 0 Å². The fraction of sp³-hybridized carbons (Fsp3) is 0.150. The van der Waals surface area contributed by atoms with Gasteiger partial charge in [-0.2, -0.15) is 18.3 Å². The summed E-state index contributed by atoms with van der Waals surface area (Å²) in [6.07, 6.45) is -4.86. The highest BCUT2D eigenvalue weighted by Crippen LogP contribution is 2.38. The van der Waals surface area contributed by atoms with Crippen LogP contribution in [0.25, 0.3) is 16.9 Å². The number of hydrogen-bond donors (Lipinski definition) is 0. The van der Waals surface area contributed by atoms with Crippen molar-refractivity contribution in [1.29, 1.82) is 0 Å². The number of methoxy groups -OCH3 is 2. The van der Waals surface area contributed by atoms with Crippen molar-refractivity contribution < 1.29 is 36.6 Å². The summed E-state index contributed by atoms with van der Waals surface area (Å²) in [6.45, 7) is 0. The van der Waals surface area contributed by atoms with Gasteiger partial charge in [0, 0.05) is 5.56 Å². The van der Waals surface area contributed by atoms with Gasteiger partial charge in [-0.15, -0.1) is 0 Å². The molecule has 0 aliphatic rings. The molecule has 6 nitrogen and oxygen atoms in total. The van der Waals surface area contributed by atoms with Gasteiger partial charge in [0.25, 0.3) is 0 Å². The Morgan fingerprint density at radius 2 is 1.65 bits per heavy atom. The molecule has 162 valence electrons. The number of ether oxygens (including phenoxy) is 2. The van der Waals surface area contributed by atoms with E-state index >= 15 is 0 Å². The van der Waals surface area contributed by atoms with Crippen LogP contribution in [-0.2, 0) is 15.7 Å². The number of carbonyl (C=O) groups excluding carboxylic acids is 2. The summed E-state index contributed by atoms with van der Waals surface area (Å²) in [5.41, 5.74) is -3.34. The van der Waals surface area contributed by atoms with Crippen molar-refractivity contribution in [3.8, 4) is 16.9 Å². The average Bonchev–Trinajstić information content (AvgIpc) is 3.14. The largest absolute Gasteiger partial charge is 0.465 e. The van der Waals surface area contributed by atoms with E-state index in [-0.39, 0.29) is 5.69 Å². The third-order valence-electron chi connectivity index (χ3n) is 4.27. The Morgan fingerprint density at radius 1 is 1.03 bits per heavy atom. The first-order valence-corrected chi connectivity index (χ1v) is 8.89. The van der Waals surface area contributed by atoms with Crippen molar-refractivity contribution in [3.63, 3.8) is 0 Å². The molecule has 31 heavy (non-hydrogen) atoms. The van der Waals surface area contributed by atoms with E-state index in [0.29, 0.717) is 12.1 Å². The van der Waals surface area contributed by atoms with Crippen LogP contribution >= 0.6 is 11.6 Å². The molecule has 3 rings (SSSR count). The predicted molar refractivity (Wildman–Crippen MR) is 102 cm³/mol. The van der Waals surface area contributed by atoms with Crippen molar-refractivity contribution in [2.24, 2.45) is 0 Å². The highest BCUT2D eigenvalue weighted by atomic mass is 35.5. The van der Waals surface area contributed by atoms with E-state index in [9.17, 15) is 27.2 Å². The van der Waals surface area contributed by atoms with E-state index in [0.717, 1.165) is 18.9 Å². The van der Waals surface area contributed by atoms with Gasteiger partial charge >= 0.3 is 18.1 Å². The SMILES string of the molecule is COC(=O)c1c(-c2cc(C(F)(F)F)cc(Cl)c2F)nn(-c2ccccc2)c1C(=O)OC. The Kier molecular flexibility index (Phi) is 6.03. The Morgan fingerprint density at radius 3 is 2.19 bits per heavy atom. The topological polar surface area (TPSA) is 70.4 Å². The molecule has 0 atom stereocenters. The molecule has 0 saturated heterocycles. The summed E-state index contributed by atoms with van der Waals surface area (Å²) < 4.78 is 65.0. The number of hydrogen-bond acceptors (Lipinski definition) is 5. The predicted octanol–water partition coefficient (Wildman–Crippen LogP) is 4.92. The van der Waals surface area contributed by atoms with Crippen LogP contribution in [0.3, 0.4) is 0 Å². The van der Waals surface area contributed by atoms with Crippen LogP contribution < -0.4 is 0 Å². The third-order valence-corrected chi connectivity index (χ3v) is 4.54. The molecule has 0 aliphatic heterocycles. The number of carbonyl (C=O) groups is 2. The second-order valence-electron chi connectivity index (χ2n) is 6.12. The molecule has 2 aromatic carbocycles. The molecule has 0 N–H and O–H groups in total. The highest BCUT2D eigenvalue weighted by molar-refractivity contribution is 6.31. The number of halogens is 5. The lowest BCUT2D eigenvalue weighted by atomic mass is 10.0. The third kappa shape index (κ3) is 4.11. The summed E-state index contributed by atoms with van der Waals surface area (Å²) >= 11 is 5.68. The molecular formula is C20H13ClF4N2O4. The zero-order valence-electron chi connectivity index (χ0n) is 16.0. The fourth-order valence-corrected chi connectivity index (χ4v) is 3.09. The van der Waals surface area contributed by atoms with Crippen molar-refractivity contribution in [2.45, 2.75) is 6.18 Å². The van der Waals surface area contributed by atoms with Crippen LogP contribution in [0.5, 0.6) is 0 Å². The van der Waals surface area contributed by atoms with Crippen LogP contribution in [0.15, 0.2) is 42.5 Å². The number of esters is 2. The summed E-state index contributed by atoms with van der Waals surface area (Å²) in [5, 5.41) is 3.22. The normalized spacial score (nSPS) is 11.3. The minimum atomic E-state index is -4.86. The minimum Gasteiger partial charge on any atom is -0.465 e. The molecule has 0 bridgehead atoms. The van der Waals surface area contributed by atoms with Gasteiger partial charge < -0.3 is 9.47 Å². The molecular weight excluding hydrogens is 444 g/mol. The Labute approximate surface area is 177 Å². The summed E-state index contributed by atoms with van der Waals surface area (Å²) in [5.74, 6) is -3.43. The van der Waals surface area contributed by atoms with Crippen LogP contribution in [0.1, 0.15) is 26.4 Å². The highest BCUT2D eigenvalue weighted by Gasteiger charge is 2.36. The molecule has 1 heterocycles. The van der Waals surface area contributed by atoms with E-state index in [1.165, 1.54) is 12.1 Å². The van der Waals surface area contributed by atoms with Gasteiger partial charge in [-0.3, -0.25) is 0 Å². The lowest BCUT2D eigenvalue weighted by molar-refractivity contribution is -0.137. The molecule has 11 heteroatoms. The Bertz CT molecular complexity index is 1160. The number of benzene rings is 2. The maximum atomic E-state index is 14.8. The van der Waals surface area contributed by atoms with Gasteiger partial charge in [-0.1, -0.05) is 29.8 Å². The van der Waals surface area contributed by atoms with Crippen LogP contribution in [0, 0.1) is 5.82 Å². The first kappa shape index (κ1) is 22.3. The lowest BCUT2D eigenvalue weighted by Gasteiger charge is -2.11. The minimum absolute atomic E-state index is 0.262. The van der Waals surface area contributed by atoms with Crippen LogP contribution in [0.4, 0.5) is 17.6 Å². The molecule has 3 aromatic rings. The standard InChI is InChI=1S/C20H13ClF4N2O4/c1-30-18(28)14-16(12-8-10(20(23,24)25)9-13(21)15(12)22)26-27(17(14)19(29)31-2)11-6-4-3-5-7-11/h3-9H,1-2H3. The van der Waals surface area contributed by atoms with Gasteiger partial charge in [0.2, 0.25) is 0 Å². The van der Waals surface area contributed by atoms with Crippen LogP contribution in [0.2, 0.25) is 5.02 Å². The quantitative estimate of drug-likeness (QED) is 0.411. The van der Waals surface area contributed by atoms with Gasteiger partial charge in [-0.25, -0.2) is 18.7 Å². The maximum absolute atomic E-state index is 14.8. The number of alkyl halides is 3. The Balaban J connectivity index is 2.44. The average molecular weight is 457 g/mol. The van der Waals surface area contributed by atoms with E-state index in [4.69, 9.17) is 16.3 Å². The zero-order valence-corrected chi connectivity index (χ0v) is 16.7. The molecule has 0 spiro atoms. The second kappa shape index (κ2) is 8.38. The second-order valence-corrected chi connectivity index (χ2v) is 6.53. The maximum Gasteiger partial charge on any atom is 0.416 e. The van der Waals surface area contributed by atoms with Crippen molar-refractivity contribution in [1.82, 2.24) is 9.78 Å². The van der Waals surface area contributed by atoms with Gasteiger partial charge in [0.05, 0.1) is 30.5 Å². The number of aromatic nitrogens is 2. The van der Waals surface area contributed by atoms with E-state index < -0.39 is 57.0 Å². The van der Waals surface area contributed by atoms with Crippen LogP contribution in [-0.4, -0.2) is 35.9 Å². The fourth-order valence-electron chi connectivity index (χ4n) is 2.87. The van der Waals surface area contributed by atoms with Crippen molar-refractivity contribution >= 4 is 23.5 Å². The van der Waals surface area contributed by atoms with Gasteiger partial charge in [-0.05, 0) is 24.3 Å². The first-order valence-electron chi connectivity index (χ1n) is 8.51. The number of rotatable bonds is 4. The molecule has 0 amide bonds. The lowest BCUT2D eigenvalue weighted by Crippen LogP contribution is -2.15. The number of para-hydroxylation sites is 1. The summed E-state index contributed by atoms with van der Waals surface area (Å²) in [6, 6.07) is 8.74. The zero-order chi connectivity index (χ0) is 22.9. The van der Waals surface area contributed by atoms with Gasteiger partial charge in [0.15, 0.2) is 11.5 Å². The molecule has 1 aromatic heterocycles. The first-order chi connectivity index (χ1) is 14.6. The summed E-state index contributed by atoms with van der Waals surface area (Å²) in [4.78, 5) is 25.0. The van der Waals surface area contributed by atoms with Crippen molar-refractivity contribution in [3.05, 3.63) is 70.1 Å². The smallest absolute Gasteiger partial charge is 0.416 e. The molecule has 0 aliphatic carbocycles. The van der Waals surface area contributed by atoms with E-state index in [1.54, 1.807) is 18.2 Å². The van der Waals surface area contributed by atoms with Gasteiger partial charge in [0.1, 0.15) is 11.3 Å². The molecule has 0 unspecified atom stereocenters. The Hall–Kier alpha value is -3.40. The number of nitrogens with zero attached hydrogens (tertiary/aromatic N) is 2. The molecule has 0 saturated carbocycles. The van der Waals surface area contributed by atoms with E-state index in [2.05, 4.69) is 9.84 Å². The van der Waals surface area contributed by atoms with Crippen molar-refractivity contribution in [2.75, 3.05) is 14.2 Å². The monoisotopic (exact) mass is 456 g/mol.